The third-order valence-corrected chi connectivity index (χ3v) is 4.14. The zero-order valence-electron chi connectivity index (χ0n) is 10.8. The van der Waals surface area contributed by atoms with Gasteiger partial charge in [-0.15, -0.1) is 0 Å². The van der Waals surface area contributed by atoms with Crippen LogP contribution in [0.2, 0.25) is 0 Å². The number of carbonyl (C=O) groups excluding carboxylic acids is 1. The Hall–Kier alpha value is -1.81. The van der Waals surface area contributed by atoms with Gasteiger partial charge in [-0.2, -0.15) is 11.3 Å². The molecule has 0 saturated carbocycles. The summed E-state index contributed by atoms with van der Waals surface area (Å²) >= 11 is 1.66. The minimum absolute atomic E-state index is 0.0842. The van der Waals surface area contributed by atoms with Crippen molar-refractivity contribution in [3.63, 3.8) is 0 Å². The van der Waals surface area contributed by atoms with E-state index >= 15 is 0 Å². The van der Waals surface area contributed by atoms with Crippen LogP contribution in [0, 0.1) is 0 Å². The van der Waals surface area contributed by atoms with Crippen LogP contribution < -0.4 is 5.32 Å². The topological polar surface area (TPSA) is 32.3 Å². The lowest BCUT2D eigenvalue weighted by Crippen LogP contribution is -2.26. The number of amides is 1. The summed E-state index contributed by atoms with van der Waals surface area (Å²) < 4.78 is 0. The van der Waals surface area contributed by atoms with Crippen molar-refractivity contribution in [2.75, 3.05) is 18.9 Å². The number of nitrogens with zero attached hydrogens (tertiary/aromatic N) is 1. The monoisotopic (exact) mass is 272 g/mol. The van der Waals surface area contributed by atoms with Crippen LogP contribution in [0.4, 0.5) is 5.69 Å². The third kappa shape index (κ3) is 2.49. The minimum Gasteiger partial charge on any atom is -0.384 e. The SMILES string of the molecule is CN(Cc1ccsc1)C(=O)c1ccc2c(c1)CCN2. The number of thiophene rings is 1. The fourth-order valence-electron chi connectivity index (χ4n) is 2.39. The highest BCUT2D eigenvalue weighted by molar-refractivity contribution is 7.07. The molecule has 1 aromatic carbocycles. The van der Waals surface area contributed by atoms with E-state index in [2.05, 4.69) is 16.8 Å². The van der Waals surface area contributed by atoms with Crippen molar-refractivity contribution in [3.8, 4) is 0 Å². The predicted octanol–water partition coefficient (Wildman–Crippen LogP) is 2.99. The molecular weight excluding hydrogens is 256 g/mol. The first-order valence-corrected chi connectivity index (χ1v) is 7.31. The molecule has 0 unspecified atom stereocenters. The van der Waals surface area contributed by atoms with Gasteiger partial charge in [0, 0.05) is 31.4 Å². The van der Waals surface area contributed by atoms with Crippen LogP contribution in [-0.2, 0) is 13.0 Å². The summed E-state index contributed by atoms with van der Waals surface area (Å²) in [6.45, 7) is 1.63. The molecule has 0 saturated heterocycles. The zero-order chi connectivity index (χ0) is 13.2. The molecule has 2 aromatic rings. The molecule has 4 heteroatoms. The van der Waals surface area contributed by atoms with E-state index < -0.39 is 0 Å². The van der Waals surface area contributed by atoms with E-state index in [-0.39, 0.29) is 5.91 Å². The van der Waals surface area contributed by atoms with Crippen LogP contribution in [0.15, 0.2) is 35.0 Å². The van der Waals surface area contributed by atoms with Crippen LogP contribution in [0.5, 0.6) is 0 Å². The molecule has 0 spiro atoms. The van der Waals surface area contributed by atoms with Crippen LogP contribution in [-0.4, -0.2) is 24.4 Å². The number of benzene rings is 1. The average molecular weight is 272 g/mol. The van der Waals surface area contributed by atoms with E-state index in [1.54, 1.807) is 16.2 Å². The van der Waals surface area contributed by atoms with E-state index in [1.807, 2.05) is 30.6 Å². The molecule has 0 aliphatic carbocycles. The van der Waals surface area contributed by atoms with E-state index in [0.29, 0.717) is 6.54 Å². The predicted molar refractivity (Wildman–Crippen MR) is 78.8 cm³/mol. The van der Waals surface area contributed by atoms with Gasteiger partial charge in [-0.3, -0.25) is 4.79 Å². The lowest BCUT2D eigenvalue weighted by Gasteiger charge is -2.17. The Morgan fingerprint density at radius 1 is 1.42 bits per heavy atom. The second-order valence-electron chi connectivity index (χ2n) is 4.84. The van der Waals surface area contributed by atoms with Crippen LogP contribution in [0.1, 0.15) is 21.5 Å². The van der Waals surface area contributed by atoms with Gasteiger partial charge in [0.15, 0.2) is 0 Å². The summed E-state index contributed by atoms with van der Waals surface area (Å²) in [4.78, 5) is 14.1. The van der Waals surface area contributed by atoms with Crippen molar-refractivity contribution in [2.45, 2.75) is 13.0 Å². The molecule has 3 rings (SSSR count). The second-order valence-corrected chi connectivity index (χ2v) is 5.62. The normalized spacial score (nSPS) is 12.9. The van der Waals surface area contributed by atoms with Crippen LogP contribution in [0.3, 0.4) is 0 Å². The zero-order valence-corrected chi connectivity index (χ0v) is 11.7. The number of hydrogen-bond donors (Lipinski definition) is 1. The summed E-state index contributed by atoms with van der Waals surface area (Å²) in [6.07, 6.45) is 1.00. The van der Waals surface area contributed by atoms with Crippen molar-refractivity contribution in [2.24, 2.45) is 0 Å². The quantitative estimate of drug-likeness (QED) is 0.931. The molecular formula is C15H16N2OS. The fourth-order valence-corrected chi connectivity index (χ4v) is 3.05. The number of rotatable bonds is 3. The first-order valence-electron chi connectivity index (χ1n) is 6.37. The van der Waals surface area contributed by atoms with Crippen LogP contribution in [0.25, 0.3) is 0 Å². The Kier molecular flexibility index (Phi) is 3.25. The molecule has 98 valence electrons. The maximum atomic E-state index is 12.4. The molecule has 0 radical (unpaired) electrons. The second kappa shape index (κ2) is 5.05. The third-order valence-electron chi connectivity index (χ3n) is 3.41. The molecule has 0 bridgehead atoms. The molecule has 1 aliphatic rings. The number of carbonyl (C=O) groups is 1. The maximum absolute atomic E-state index is 12.4. The van der Waals surface area contributed by atoms with Gasteiger partial charge in [0.05, 0.1) is 0 Å². The van der Waals surface area contributed by atoms with E-state index in [1.165, 1.54) is 11.1 Å². The first kappa shape index (κ1) is 12.2. The molecule has 1 amide bonds. The molecule has 1 aliphatic heterocycles. The van der Waals surface area contributed by atoms with Crippen molar-refractivity contribution < 1.29 is 4.79 Å². The van der Waals surface area contributed by atoms with Crippen molar-refractivity contribution >= 4 is 22.9 Å². The minimum atomic E-state index is 0.0842. The van der Waals surface area contributed by atoms with Gasteiger partial charge in [-0.1, -0.05) is 0 Å². The van der Waals surface area contributed by atoms with Gasteiger partial charge in [-0.25, -0.2) is 0 Å². The Morgan fingerprint density at radius 3 is 3.11 bits per heavy atom. The lowest BCUT2D eigenvalue weighted by molar-refractivity contribution is 0.0785. The molecule has 3 nitrogen and oxygen atoms in total. The summed E-state index contributed by atoms with van der Waals surface area (Å²) in [5.74, 6) is 0.0842. The highest BCUT2D eigenvalue weighted by Gasteiger charge is 2.16. The van der Waals surface area contributed by atoms with E-state index in [9.17, 15) is 4.79 Å². The molecule has 19 heavy (non-hydrogen) atoms. The van der Waals surface area contributed by atoms with E-state index in [0.717, 1.165) is 24.2 Å². The van der Waals surface area contributed by atoms with Gasteiger partial charge in [-0.05, 0) is 52.6 Å². The van der Waals surface area contributed by atoms with Crippen molar-refractivity contribution in [1.29, 1.82) is 0 Å². The molecule has 1 N–H and O–H groups in total. The van der Waals surface area contributed by atoms with Gasteiger partial charge >= 0.3 is 0 Å². The Labute approximate surface area is 116 Å². The first-order chi connectivity index (χ1) is 9.24. The molecule has 0 atom stereocenters. The largest absolute Gasteiger partial charge is 0.384 e. The highest BCUT2D eigenvalue weighted by atomic mass is 32.1. The van der Waals surface area contributed by atoms with Gasteiger partial charge in [0.25, 0.3) is 5.91 Å². The smallest absolute Gasteiger partial charge is 0.253 e. The van der Waals surface area contributed by atoms with Crippen LogP contribution >= 0.6 is 11.3 Å². The standard InChI is InChI=1S/C15H16N2OS/c1-17(9-11-5-7-19-10-11)15(18)13-2-3-14-12(8-13)4-6-16-14/h2-3,5,7-8,10,16H,4,6,9H2,1H3. The molecule has 1 aromatic heterocycles. The maximum Gasteiger partial charge on any atom is 0.253 e. The number of anilines is 1. The Bertz CT molecular complexity index is 592. The lowest BCUT2D eigenvalue weighted by atomic mass is 10.1. The number of fused-ring (bicyclic) bond motifs is 1. The van der Waals surface area contributed by atoms with Gasteiger partial charge in [0.1, 0.15) is 0 Å². The van der Waals surface area contributed by atoms with Gasteiger partial charge < -0.3 is 10.2 Å². The summed E-state index contributed by atoms with van der Waals surface area (Å²) in [6, 6.07) is 7.99. The number of nitrogens with one attached hydrogen (secondary N) is 1. The van der Waals surface area contributed by atoms with Gasteiger partial charge in [0.2, 0.25) is 0 Å². The van der Waals surface area contributed by atoms with Crippen molar-refractivity contribution in [3.05, 3.63) is 51.7 Å². The van der Waals surface area contributed by atoms with E-state index in [4.69, 9.17) is 0 Å². The summed E-state index contributed by atoms with van der Waals surface area (Å²) in [7, 11) is 1.85. The average Bonchev–Trinajstić information content (AvgIpc) is 3.07. The van der Waals surface area contributed by atoms with Crippen molar-refractivity contribution in [1.82, 2.24) is 4.90 Å². The summed E-state index contributed by atoms with van der Waals surface area (Å²) in [5, 5.41) is 7.42. The Morgan fingerprint density at radius 2 is 2.32 bits per heavy atom. The highest BCUT2D eigenvalue weighted by Crippen LogP contribution is 2.23. The fraction of sp³-hybridized carbons (Fsp3) is 0.267. The Balaban J connectivity index is 1.76. The summed E-state index contributed by atoms with van der Waals surface area (Å²) in [5.41, 5.74) is 4.37. The number of hydrogen-bond acceptors (Lipinski definition) is 3. The molecule has 0 fully saturated rings. The molecule has 2 heterocycles.